The minimum absolute atomic E-state index is 0.191. The van der Waals surface area contributed by atoms with Crippen LogP contribution in [0.4, 0.5) is 5.69 Å². The number of rotatable bonds is 7. The third-order valence-electron chi connectivity index (χ3n) is 2.49. The number of nitrogens with zero attached hydrogens (tertiary/aromatic N) is 1. The van der Waals surface area contributed by atoms with Gasteiger partial charge in [-0.2, -0.15) is 0 Å². The van der Waals surface area contributed by atoms with Gasteiger partial charge in [0, 0.05) is 5.71 Å². The number of hydrogen-bond donors (Lipinski definition) is 0. The lowest BCUT2D eigenvalue weighted by atomic mass is 10.2. The van der Waals surface area contributed by atoms with Gasteiger partial charge in [0.15, 0.2) is 0 Å². The van der Waals surface area contributed by atoms with Crippen LogP contribution in [0.3, 0.4) is 0 Å². The highest BCUT2D eigenvalue weighted by Crippen LogP contribution is 2.11. The highest BCUT2D eigenvalue weighted by Gasteiger charge is 2.04. The summed E-state index contributed by atoms with van der Waals surface area (Å²) in [5.74, 6) is -0.191. The van der Waals surface area contributed by atoms with E-state index >= 15 is 0 Å². The van der Waals surface area contributed by atoms with E-state index in [2.05, 4.69) is 11.9 Å². The zero-order chi connectivity index (χ0) is 13.2. The highest BCUT2D eigenvalue weighted by atomic mass is 16.5. The van der Waals surface area contributed by atoms with Gasteiger partial charge in [0.2, 0.25) is 0 Å². The quantitative estimate of drug-likeness (QED) is 0.416. The van der Waals surface area contributed by atoms with Crippen molar-refractivity contribution < 1.29 is 9.53 Å². The molecule has 0 atom stereocenters. The molecule has 1 rings (SSSR count). The van der Waals surface area contributed by atoms with Crippen LogP contribution in [0.25, 0.3) is 0 Å². The second kappa shape index (κ2) is 8.45. The molecule has 0 radical (unpaired) electrons. The first-order chi connectivity index (χ1) is 8.72. The van der Waals surface area contributed by atoms with Crippen molar-refractivity contribution in [1.82, 2.24) is 0 Å². The zero-order valence-corrected chi connectivity index (χ0v) is 11.2. The Morgan fingerprint density at radius 2 is 1.94 bits per heavy atom. The van der Waals surface area contributed by atoms with Gasteiger partial charge < -0.3 is 4.74 Å². The Labute approximate surface area is 109 Å². The van der Waals surface area contributed by atoms with Crippen LogP contribution in [0.1, 0.15) is 39.5 Å². The van der Waals surface area contributed by atoms with Gasteiger partial charge in [-0.25, -0.2) is 0 Å². The fourth-order valence-electron chi connectivity index (χ4n) is 1.56. The maximum absolute atomic E-state index is 11.5. The van der Waals surface area contributed by atoms with Crippen molar-refractivity contribution in [3.63, 3.8) is 0 Å². The molecule has 0 aliphatic heterocycles. The number of carbonyl (C=O) groups excluding carboxylic acids is 1. The number of esters is 1. The van der Waals surface area contributed by atoms with Gasteiger partial charge >= 0.3 is 5.97 Å². The summed E-state index contributed by atoms with van der Waals surface area (Å²) in [7, 11) is 0. The first-order valence-corrected chi connectivity index (χ1v) is 6.47. The summed E-state index contributed by atoms with van der Waals surface area (Å²) in [6, 6.07) is 9.62. The molecule has 0 aromatic heterocycles. The summed E-state index contributed by atoms with van der Waals surface area (Å²) >= 11 is 0. The van der Waals surface area contributed by atoms with Crippen LogP contribution >= 0.6 is 0 Å². The minimum atomic E-state index is -0.191. The summed E-state index contributed by atoms with van der Waals surface area (Å²) in [5.41, 5.74) is 1.65. The van der Waals surface area contributed by atoms with E-state index in [-0.39, 0.29) is 12.4 Å². The van der Waals surface area contributed by atoms with Crippen LogP contribution in [-0.2, 0) is 9.53 Å². The van der Waals surface area contributed by atoms with Crippen molar-refractivity contribution in [2.45, 2.75) is 39.5 Å². The molecule has 18 heavy (non-hydrogen) atoms. The standard InChI is InChI=1S/C15H21NO2/c1-3-4-8-11-18-15(17)12-13(2)16-14-9-6-5-7-10-14/h5-7,9-10H,3-4,8,11-12H2,1-2H3. The molecule has 0 bridgehead atoms. The Morgan fingerprint density at radius 3 is 2.61 bits per heavy atom. The Balaban J connectivity index is 2.33. The number of para-hydroxylation sites is 1. The van der Waals surface area contributed by atoms with E-state index in [9.17, 15) is 4.79 Å². The lowest BCUT2D eigenvalue weighted by Gasteiger charge is -2.04. The Morgan fingerprint density at radius 1 is 1.22 bits per heavy atom. The first-order valence-electron chi connectivity index (χ1n) is 6.47. The van der Waals surface area contributed by atoms with E-state index in [1.54, 1.807) is 0 Å². The van der Waals surface area contributed by atoms with E-state index in [0.717, 1.165) is 30.7 Å². The molecule has 0 amide bonds. The fourth-order valence-corrected chi connectivity index (χ4v) is 1.56. The molecule has 0 unspecified atom stereocenters. The molecule has 0 fully saturated rings. The van der Waals surface area contributed by atoms with Gasteiger partial charge in [-0.1, -0.05) is 38.0 Å². The Bertz CT molecular complexity index is 385. The van der Waals surface area contributed by atoms with Gasteiger partial charge in [-0.3, -0.25) is 9.79 Å². The second-order valence-corrected chi connectivity index (χ2v) is 4.29. The van der Waals surface area contributed by atoms with E-state index in [1.807, 2.05) is 37.3 Å². The molecule has 0 spiro atoms. The van der Waals surface area contributed by atoms with E-state index < -0.39 is 0 Å². The van der Waals surface area contributed by atoms with Gasteiger partial charge in [0.25, 0.3) is 0 Å². The molecule has 0 aliphatic carbocycles. The van der Waals surface area contributed by atoms with Crippen molar-refractivity contribution in [3.05, 3.63) is 30.3 Å². The van der Waals surface area contributed by atoms with Crippen molar-refractivity contribution >= 4 is 17.4 Å². The van der Waals surface area contributed by atoms with Crippen molar-refractivity contribution in [2.24, 2.45) is 4.99 Å². The zero-order valence-electron chi connectivity index (χ0n) is 11.2. The van der Waals surface area contributed by atoms with Crippen molar-refractivity contribution in [3.8, 4) is 0 Å². The third kappa shape index (κ3) is 6.18. The number of hydrogen-bond acceptors (Lipinski definition) is 3. The summed E-state index contributed by atoms with van der Waals surface area (Å²) in [6.45, 7) is 4.49. The van der Waals surface area contributed by atoms with Gasteiger partial charge in [-0.05, 0) is 25.5 Å². The average Bonchev–Trinajstić information content (AvgIpc) is 2.35. The highest BCUT2D eigenvalue weighted by molar-refractivity contribution is 5.98. The Hall–Kier alpha value is -1.64. The predicted octanol–water partition coefficient (Wildman–Crippen LogP) is 3.90. The molecule has 0 N–H and O–H groups in total. The number of carbonyl (C=O) groups is 1. The van der Waals surface area contributed by atoms with Crippen LogP contribution in [0, 0.1) is 0 Å². The second-order valence-electron chi connectivity index (χ2n) is 4.29. The molecular weight excluding hydrogens is 226 g/mol. The monoisotopic (exact) mass is 247 g/mol. The number of aliphatic imine (C=N–C) groups is 1. The predicted molar refractivity (Wildman–Crippen MR) is 74.3 cm³/mol. The SMILES string of the molecule is CCCCCOC(=O)CC(C)=Nc1ccccc1. The molecule has 1 aromatic carbocycles. The van der Waals surface area contributed by atoms with Crippen molar-refractivity contribution in [1.29, 1.82) is 0 Å². The van der Waals surface area contributed by atoms with Crippen LogP contribution in [0.5, 0.6) is 0 Å². The Kier molecular flexibility index (Phi) is 6.77. The lowest BCUT2D eigenvalue weighted by Crippen LogP contribution is -2.09. The minimum Gasteiger partial charge on any atom is -0.465 e. The third-order valence-corrected chi connectivity index (χ3v) is 2.49. The topological polar surface area (TPSA) is 38.7 Å². The molecule has 98 valence electrons. The molecule has 0 saturated heterocycles. The maximum Gasteiger partial charge on any atom is 0.311 e. The largest absolute Gasteiger partial charge is 0.465 e. The summed E-state index contributed by atoms with van der Waals surface area (Å²) in [5, 5.41) is 0. The number of ether oxygens (including phenoxy) is 1. The molecule has 1 aromatic rings. The van der Waals surface area contributed by atoms with Gasteiger partial charge in [0.1, 0.15) is 0 Å². The summed E-state index contributed by atoms with van der Waals surface area (Å²) in [4.78, 5) is 15.9. The summed E-state index contributed by atoms with van der Waals surface area (Å²) in [6.07, 6.45) is 3.44. The molecule has 3 nitrogen and oxygen atoms in total. The van der Waals surface area contributed by atoms with Crippen LogP contribution in [0.2, 0.25) is 0 Å². The van der Waals surface area contributed by atoms with Crippen molar-refractivity contribution in [2.75, 3.05) is 6.61 Å². The van der Waals surface area contributed by atoms with Gasteiger partial charge in [0.05, 0.1) is 18.7 Å². The maximum atomic E-state index is 11.5. The van der Waals surface area contributed by atoms with Crippen LogP contribution in [-0.4, -0.2) is 18.3 Å². The lowest BCUT2D eigenvalue weighted by molar-refractivity contribution is -0.142. The van der Waals surface area contributed by atoms with Crippen LogP contribution in [0.15, 0.2) is 35.3 Å². The molecule has 0 heterocycles. The molecule has 3 heteroatoms. The number of unbranched alkanes of at least 4 members (excludes halogenated alkanes) is 2. The average molecular weight is 247 g/mol. The summed E-state index contributed by atoms with van der Waals surface area (Å²) < 4.78 is 5.13. The first kappa shape index (κ1) is 14.4. The van der Waals surface area contributed by atoms with E-state index in [0.29, 0.717) is 6.61 Å². The van der Waals surface area contributed by atoms with E-state index in [4.69, 9.17) is 4.74 Å². The van der Waals surface area contributed by atoms with Gasteiger partial charge in [-0.15, -0.1) is 0 Å². The normalized spacial score (nSPS) is 11.3. The van der Waals surface area contributed by atoms with E-state index in [1.165, 1.54) is 0 Å². The number of benzene rings is 1. The fraction of sp³-hybridized carbons (Fsp3) is 0.467. The van der Waals surface area contributed by atoms with Crippen LogP contribution < -0.4 is 0 Å². The molecular formula is C15H21NO2. The smallest absolute Gasteiger partial charge is 0.311 e. The molecule has 0 aliphatic rings. The molecule has 0 saturated carbocycles.